The van der Waals surface area contributed by atoms with Gasteiger partial charge in [0.1, 0.15) is 11.5 Å². The SMILES string of the molecule is C[C@]12CC[C@@H]3c4ccc(O)cc4CC[C@H]3[C@@H]1[C@@H](CCCC(=O)NC1CCCCC1)CC2(F)F.C[C@]12CC[C@@H]3c4ccc(O)cc4CC[C@H]3[C@@H]1[C@@H](CCCC(=O)NCc1ccccc1)CC2(F)F. The Labute approximate surface area is 395 Å². The fraction of sp³-hybridized carbons (Fsp3) is 0.649. The molecule has 3 aromatic rings. The van der Waals surface area contributed by atoms with Gasteiger partial charge in [0.25, 0.3) is 11.8 Å². The highest BCUT2D eigenvalue weighted by Crippen LogP contribution is 2.70. The van der Waals surface area contributed by atoms with Crippen molar-refractivity contribution in [3.05, 3.63) is 94.5 Å². The highest BCUT2D eigenvalue weighted by Gasteiger charge is 2.68. The van der Waals surface area contributed by atoms with Gasteiger partial charge in [0.15, 0.2) is 0 Å². The van der Waals surface area contributed by atoms with Crippen molar-refractivity contribution in [3.63, 3.8) is 0 Å². The number of aryl methyl sites for hydroxylation is 2. The molecular weight excluding hydrogens is 853 g/mol. The summed E-state index contributed by atoms with van der Waals surface area (Å²) in [6, 6.07) is 21.4. The first-order valence-electron chi connectivity index (χ1n) is 26.1. The second-order valence-corrected chi connectivity index (χ2v) is 22.6. The summed E-state index contributed by atoms with van der Waals surface area (Å²) in [5, 5.41) is 25.9. The van der Waals surface area contributed by atoms with Crippen LogP contribution in [-0.2, 0) is 29.0 Å². The van der Waals surface area contributed by atoms with Gasteiger partial charge in [-0.25, -0.2) is 17.6 Å². The van der Waals surface area contributed by atoms with E-state index in [1.54, 1.807) is 12.1 Å². The first-order valence-corrected chi connectivity index (χ1v) is 26.1. The number of phenolic OH excluding ortho intramolecular Hbond substituents is 2. The van der Waals surface area contributed by atoms with Gasteiger partial charge in [-0.2, -0.15) is 0 Å². The molecule has 0 bridgehead atoms. The van der Waals surface area contributed by atoms with E-state index in [1.807, 2.05) is 68.4 Å². The number of alkyl halides is 4. The molecule has 67 heavy (non-hydrogen) atoms. The summed E-state index contributed by atoms with van der Waals surface area (Å²) in [5.74, 6) is -3.55. The van der Waals surface area contributed by atoms with Crippen molar-refractivity contribution in [1.82, 2.24) is 10.6 Å². The summed E-state index contributed by atoms with van der Waals surface area (Å²) < 4.78 is 61.6. The van der Waals surface area contributed by atoms with E-state index >= 15 is 17.6 Å². The van der Waals surface area contributed by atoms with Gasteiger partial charge in [-0.05, 0) is 189 Å². The van der Waals surface area contributed by atoms with Crippen LogP contribution in [0, 0.1) is 46.3 Å². The van der Waals surface area contributed by atoms with Crippen molar-refractivity contribution in [2.75, 3.05) is 0 Å². The monoisotopic (exact) mass is 927 g/mol. The van der Waals surface area contributed by atoms with Crippen LogP contribution in [0.15, 0.2) is 66.7 Å². The first-order chi connectivity index (χ1) is 32.1. The largest absolute Gasteiger partial charge is 0.508 e. The van der Waals surface area contributed by atoms with Gasteiger partial charge in [-0.1, -0.05) is 75.6 Å². The molecule has 0 aliphatic heterocycles. The van der Waals surface area contributed by atoms with Gasteiger partial charge in [0, 0.05) is 49.1 Å². The second-order valence-electron chi connectivity index (χ2n) is 22.6. The molecule has 0 aromatic heterocycles. The van der Waals surface area contributed by atoms with Crippen molar-refractivity contribution < 1.29 is 37.4 Å². The smallest absolute Gasteiger partial charge is 0.253 e. The maximum atomic E-state index is 15.4. The molecule has 0 unspecified atom stereocenters. The van der Waals surface area contributed by atoms with Gasteiger partial charge < -0.3 is 20.8 Å². The summed E-state index contributed by atoms with van der Waals surface area (Å²) >= 11 is 0. The molecule has 7 aliphatic carbocycles. The zero-order valence-electron chi connectivity index (χ0n) is 39.8. The third-order valence-corrected chi connectivity index (χ3v) is 18.9. The summed E-state index contributed by atoms with van der Waals surface area (Å²) in [5.41, 5.74) is 4.07. The minimum absolute atomic E-state index is 0.00890. The van der Waals surface area contributed by atoms with Crippen LogP contribution < -0.4 is 10.6 Å². The summed E-state index contributed by atoms with van der Waals surface area (Å²) in [6.45, 7) is 4.17. The summed E-state index contributed by atoms with van der Waals surface area (Å²) in [4.78, 5) is 24.8. The maximum absolute atomic E-state index is 15.4. The van der Waals surface area contributed by atoms with Crippen LogP contribution in [0.2, 0.25) is 0 Å². The van der Waals surface area contributed by atoms with E-state index in [-0.39, 0.29) is 65.9 Å². The number of aromatic hydroxyl groups is 2. The number of hydrogen-bond acceptors (Lipinski definition) is 4. The van der Waals surface area contributed by atoms with E-state index in [4.69, 9.17) is 0 Å². The zero-order valence-corrected chi connectivity index (χ0v) is 39.8. The number of rotatable bonds is 11. The van der Waals surface area contributed by atoms with Crippen LogP contribution in [0.4, 0.5) is 17.6 Å². The molecule has 0 heterocycles. The molecule has 5 saturated carbocycles. The summed E-state index contributed by atoms with van der Waals surface area (Å²) in [7, 11) is 0. The number of carbonyl (C=O) groups excluding carboxylic acids is 2. The molecular formula is C57H74F4N2O4. The number of carbonyl (C=O) groups is 2. The lowest BCUT2D eigenvalue weighted by molar-refractivity contribution is -0.133. The lowest BCUT2D eigenvalue weighted by Gasteiger charge is -2.51. The van der Waals surface area contributed by atoms with Crippen molar-refractivity contribution in [1.29, 1.82) is 0 Å². The molecule has 7 aliphatic rings. The molecule has 2 amide bonds. The third-order valence-electron chi connectivity index (χ3n) is 18.9. The standard InChI is InChI=1S/C29H35F2NO2.C28H39F2NO2/c1-28-15-14-24-23-13-11-22(33)16-20(23)10-12-25(24)27(28)21(17-29(28,30)31)8-5-9-26(34)32-18-19-6-3-2-4-7-19;1-27-15-14-23-22-13-11-21(32)16-18(22)10-12-24(23)26(27)19(17-28(27,29)30)6-5-9-25(33)31-20-7-3-2-4-8-20/h2-4,6-7,11,13,16,21,24-25,27,33H,5,8-10,12,14-15,17-18H2,1H3,(H,32,34);11,13,16,19-20,23-24,26,32H,2-10,12,14-15,17H2,1H3,(H,31,33)/t21-,24+,25+,27-,28-;19-,23+,24+,26-,27-/m00/s1. The molecule has 0 spiro atoms. The average Bonchev–Trinajstić information content (AvgIpc) is 3.65. The number of phenols is 2. The Morgan fingerprint density at radius 2 is 1.12 bits per heavy atom. The minimum atomic E-state index is -2.65. The molecule has 10 heteroatoms. The highest BCUT2D eigenvalue weighted by atomic mass is 19.3. The molecule has 364 valence electrons. The molecule has 10 atom stereocenters. The fourth-order valence-corrected chi connectivity index (χ4v) is 15.7. The fourth-order valence-electron chi connectivity index (χ4n) is 15.7. The van der Waals surface area contributed by atoms with E-state index < -0.39 is 22.7 Å². The van der Waals surface area contributed by atoms with E-state index in [0.717, 1.165) is 63.4 Å². The predicted molar refractivity (Wildman–Crippen MR) is 254 cm³/mol. The molecule has 3 aromatic carbocycles. The Balaban J connectivity index is 0.000000168. The van der Waals surface area contributed by atoms with Crippen LogP contribution in [-0.4, -0.2) is 39.9 Å². The Morgan fingerprint density at radius 3 is 1.63 bits per heavy atom. The Morgan fingerprint density at radius 1 is 0.627 bits per heavy atom. The van der Waals surface area contributed by atoms with Gasteiger partial charge >= 0.3 is 0 Å². The molecule has 4 N–H and O–H groups in total. The lowest BCUT2D eigenvalue weighted by Crippen LogP contribution is -2.47. The number of amides is 2. The molecule has 0 saturated heterocycles. The van der Waals surface area contributed by atoms with Crippen molar-refractivity contribution in [2.45, 2.75) is 185 Å². The quantitative estimate of drug-likeness (QED) is 0.144. The number of halogens is 4. The van der Waals surface area contributed by atoms with Gasteiger partial charge in [0.2, 0.25) is 11.8 Å². The van der Waals surface area contributed by atoms with E-state index in [9.17, 15) is 19.8 Å². The van der Waals surface area contributed by atoms with Crippen LogP contribution in [0.5, 0.6) is 11.5 Å². The number of hydrogen-bond donors (Lipinski definition) is 4. The third kappa shape index (κ3) is 9.51. The van der Waals surface area contributed by atoms with Gasteiger partial charge in [-0.3, -0.25) is 9.59 Å². The predicted octanol–water partition coefficient (Wildman–Crippen LogP) is 13.3. The second kappa shape index (κ2) is 19.4. The van der Waals surface area contributed by atoms with E-state index in [0.29, 0.717) is 75.1 Å². The molecule has 0 radical (unpaired) electrons. The first kappa shape index (κ1) is 48.0. The van der Waals surface area contributed by atoms with Gasteiger partial charge in [0.05, 0.1) is 0 Å². The van der Waals surface area contributed by atoms with Crippen LogP contribution in [0.25, 0.3) is 0 Å². The Kier molecular flexibility index (Phi) is 13.9. The molecule has 5 fully saturated rings. The number of nitrogens with one attached hydrogen (secondary N) is 2. The Hall–Kier alpha value is -4.08. The maximum Gasteiger partial charge on any atom is 0.253 e. The van der Waals surface area contributed by atoms with Crippen LogP contribution >= 0.6 is 0 Å². The normalized spacial score (nSPS) is 33.3. The lowest BCUT2D eigenvalue weighted by atomic mass is 9.53. The number of benzene rings is 3. The van der Waals surface area contributed by atoms with Crippen LogP contribution in [0.1, 0.15) is 175 Å². The van der Waals surface area contributed by atoms with Crippen molar-refractivity contribution >= 4 is 11.8 Å². The average molecular weight is 927 g/mol. The van der Waals surface area contributed by atoms with Gasteiger partial charge in [-0.15, -0.1) is 0 Å². The van der Waals surface area contributed by atoms with Crippen molar-refractivity contribution in [2.24, 2.45) is 46.3 Å². The summed E-state index contributed by atoms with van der Waals surface area (Å²) in [6.07, 6.45) is 15.5. The van der Waals surface area contributed by atoms with Crippen molar-refractivity contribution in [3.8, 4) is 11.5 Å². The number of fused-ring (bicyclic) bond motifs is 10. The highest BCUT2D eigenvalue weighted by molar-refractivity contribution is 5.76. The van der Waals surface area contributed by atoms with E-state index in [2.05, 4.69) is 10.6 Å². The van der Waals surface area contributed by atoms with E-state index in [1.165, 1.54) is 41.5 Å². The van der Waals surface area contributed by atoms with Crippen LogP contribution in [0.3, 0.4) is 0 Å². The Bertz CT molecular complexity index is 2230. The topological polar surface area (TPSA) is 98.7 Å². The minimum Gasteiger partial charge on any atom is -0.508 e. The molecule has 6 nitrogen and oxygen atoms in total. The molecule has 10 rings (SSSR count). The zero-order chi connectivity index (χ0) is 47.1.